The van der Waals surface area contributed by atoms with Crippen LogP contribution >= 0.6 is 0 Å². The van der Waals surface area contributed by atoms with Gasteiger partial charge in [0.05, 0.1) is 18.2 Å². The molecule has 0 aromatic carbocycles. The number of nitrogens with zero attached hydrogens (tertiary/aromatic N) is 1. The lowest BCUT2D eigenvalue weighted by molar-refractivity contribution is -0.459. The molecule has 2 bridgehead atoms. The number of hydrogen-bond donors (Lipinski definition) is 0. The Morgan fingerprint density at radius 1 is 0.964 bits per heavy atom. The van der Waals surface area contributed by atoms with Crippen molar-refractivity contribution in [3.8, 4) is 0 Å². The lowest BCUT2D eigenvalue weighted by atomic mass is 9.96. The second-order valence-corrected chi connectivity index (χ2v) is 14.9. The highest BCUT2D eigenvalue weighted by atomic mass is 28.4. The Hall–Kier alpha value is -0.0631. The van der Waals surface area contributed by atoms with E-state index >= 15 is 0 Å². The summed E-state index contributed by atoms with van der Waals surface area (Å²) in [7, 11) is 3.21. The number of fused-ring (bicyclic) bond motifs is 4. The van der Waals surface area contributed by atoms with E-state index in [-0.39, 0.29) is 35.5 Å². The summed E-state index contributed by atoms with van der Waals surface area (Å²) in [6.45, 7) is 15.1. The fourth-order valence-electron chi connectivity index (χ4n) is 4.24. The summed E-state index contributed by atoms with van der Waals surface area (Å²) in [6, 6.07) is 0.0823. The smallest absolute Gasteiger partial charge is 0.220 e. The van der Waals surface area contributed by atoms with E-state index in [4.69, 9.17) is 28.2 Å². The van der Waals surface area contributed by atoms with Crippen LogP contribution in [0.5, 0.6) is 0 Å². The van der Waals surface area contributed by atoms with Gasteiger partial charge in [-0.3, -0.25) is 4.84 Å². The first-order valence-electron chi connectivity index (χ1n) is 10.3. The maximum absolute atomic E-state index is 6.86. The number of methoxy groups -OCH3 is 2. The largest absolute Gasteiger partial charge is 0.411 e. The fourth-order valence-corrected chi connectivity index (χ4v) is 5.58. The van der Waals surface area contributed by atoms with E-state index in [2.05, 4.69) is 33.9 Å². The van der Waals surface area contributed by atoms with E-state index in [0.717, 1.165) is 12.8 Å². The van der Waals surface area contributed by atoms with Crippen LogP contribution in [0.4, 0.5) is 0 Å². The monoisotopic (exact) mass is 417 g/mol. The summed E-state index contributed by atoms with van der Waals surface area (Å²) in [6.07, 6.45) is 1.16. The molecule has 0 radical (unpaired) electrons. The van der Waals surface area contributed by atoms with Crippen molar-refractivity contribution >= 4 is 8.32 Å². The standard InChI is InChI=1S/C20H39NO6Si/c1-18(2,3)28(9,10)27-15-12-13-11-14(21(6)26-13)16-17(15)25-20(5,23-8)19(4,22-7)24-16/h13-17H,11-12H2,1-10H3/t13-,14+,15-,16+,17+,19-,20-/m0/s1. The molecular formula is C20H39NO6Si. The Morgan fingerprint density at radius 3 is 2.00 bits per heavy atom. The number of hydroxylamine groups is 2. The number of ether oxygens (including phenoxy) is 4. The van der Waals surface area contributed by atoms with Gasteiger partial charge in [-0.05, 0) is 38.4 Å². The van der Waals surface area contributed by atoms with Crippen molar-refractivity contribution in [2.24, 2.45) is 0 Å². The predicted octanol–water partition coefficient (Wildman–Crippen LogP) is 3.29. The van der Waals surface area contributed by atoms with Crippen LogP contribution in [0, 0.1) is 0 Å². The molecule has 8 heteroatoms. The minimum atomic E-state index is -2.01. The van der Waals surface area contributed by atoms with Crippen LogP contribution in [-0.2, 0) is 28.2 Å². The molecule has 1 aliphatic carbocycles. The molecule has 0 aromatic heterocycles. The molecule has 0 unspecified atom stereocenters. The first-order valence-corrected chi connectivity index (χ1v) is 13.2. The zero-order valence-corrected chi connectivity index (χ0v) is 20.2. The van der Waals surface area contributed by atoms with Crippen LogP contribution in [0.15, 0.2) is 0 Å². The van der Waals surface area contributed by atoms with Gasteiger partial charge in [-0.1, -0.05) is 20.8 Å². The second kappa shape index (κ2) is 7.27. The Morgan fingerprint density at radius 2 is 1.50 bits per heavy atom. The molecular weight excluding hydrogens is 378 g/mol. The number of hydrogen-bond acceptors (Lipinski definition) is 7. The van der Waals surface area contributed by atoms with Gasteiger partial charge in [0, 0.05) is 27.7 Å². The van der Waals surface area contributed by atoms with Crippen LogP contribution in [0.2, 0.25) is 18.1 Å². The average molecular weight is 418 g/mol. The normalized spacial score (nSPS) is 45.0. The molecule has 0 spiro atoms. The van der Waals surface area contributed by atoms with Gasteiger partial charge in [0.2, 0.25) is 11.6 Å². The van der Waals surface area contributed by atoms with Gasteiger partial charge in [0.15, 0.2) is 8.32 Å². The third kappa shape index (κ3) is 3.60. The van der Waals surface area contributed by atoms with Crippen LogP contribution in [-0.4, -0.2) is 76.7 Å². The van der Waals surface area contributed by atoms with E-state index in [1.807, 2.05) is 26.0 Å². The van der Waals surface area contributed by atoms with Gasteiger partial charge in [-0.25, -0.2) is 0 Å². The molecule has 3 rings (SSSR count). The van der Waals surface area contributed by atoms with Crippen LogP contribution in [0.25, 0.3) is 0 Å². The number of rotatable bonds is 4. The van der Waals surface area contributed by atoms with Crippen molar-refractivity contribution in [2.75, 3.05) is 21.3 Å². The van der Waals surface area contributed by atoms with Gasteiger partial charge in [-0.15, -0.1) is 0 Å². The maximum atomic E-state index is 6.86. The zero-order chi connectivity index (χ0) is 21.1. The third-order valence-electron chi connectivity index (χ3n) is 7.43. The zero-order valence-electron chi connectivity index (χ0n) is 19.2. The molecule has 164 valence electrons. The Kier molecular flexibility index (Phi) is 5.87. The van der Waals surface area contributed by atoms with Crippen LogP contribution in [0.1, 0.15) is 47.5 Å². The molecule has 28 heavy (non-hydrogen) atoms. The highest BCUT2D eigenvalue weighted by Gasteiger charge is 2.63. The summed E-state index contributed by atoms with van der Waals surface area (Å²) in [5.41, 5.74) is 0. The van der Waals surface area contributed by atoms with Gasteiger partial charge < -0.3 is 23.4 Å². The predicted molar refractivity (Wildman–Crippen MR) is 108 cm³/mol. The molecule has 2 aliphatic heterocycles. The van der Waals surface area contributed by atoms with Crippen molar-refractivity contribution in [2.45, 2.75) is 108 Å². The summed E-state index contributed by atoms with van der Waals surface area (Å²) in [5, 5.41) is 2.02. The Balaban J connectivity index is 1.97. The highest BCUT2D eigenvalue weighted by molar-refractivity contribution is 6.74. The summed E-state index contributed by atoms with van der Waals surface area (Å²) >= 11 is 0. The molecule has 3 aliphatic rings. The first kappa shape index (κ1) is 22.6. The molecule has 2 saturated heterocycles. The molecule has 7 atom stereocenters. The van der Waals surface area contributed by atoms with E-state index in [1.54, 1.807) is 14.2 Å². The van der Waals surface area contributed by atoms with Crippen LogP contribution in [0.3, 0.4) is 0 Å². The van der Waals surface area contributed by atoms with Gasteiger partial charge >= 0.3 is 0 Å². The average Bonchev–Trinajstić information content (AvgIpc) is 2.88. The van der Waals surface area contributed by atoms with Crippen molar-refractivity contribution < 1.29 is 28.2 Å². The summed E-state index contributed by atoms with van der Waals surface area (Å²) < 4.78 is 31.6. The van der Waals surface area contributed by atoms with Crippen LogP contribution < -0.4 is 0 Å². The summed E-state index contributed by atoms with van der Waals surface area (Å²) in [4.78, 5) is 6.09. The summed E-state index contributed by atoms with van der Waals surface area (Å²) in [5.74, 6) is -2.07. The van der Waals surface area contributed by atoms with Gasteiger partial charge in [0.1, 0.15) is 12.2 Å². The first-order chi connectivity index (χ1) is 12.8. The lowest BCUT2D eigenvalue weighted by Crippen LogP contribution is -2.70. The van der Waals surface area contributed by atoms with Crippen molar-refractivity contribution in [3.63, 3.8) is 0 Å². The molecule has 1 saturated carbocycles. The minimum Gasteiger partial charge on any atom is -0.411 e. The maximum Gasteiger partial charge on any atom is 0.220 e. The molecule has 0 N–H and O–H groups in total. The second-order valence-electron chi connectivity index (χ2n) is 10.2. The fraction of sp³-hybridized carbons (Fsp3) is 1.00. The van der Waals surface area contributed by atoms with Crippen molar-refractivity contribution in [1.29, 1.82) is 0 Å². The minimum absolute atomic E-state index is 0.0823. The van der Waals surface area contributed by atoms with E-state index < -0.39 is 19.9 Å². The Labute approximate surface area is 171 Å². The quantitative estimate of drug-likeness (QED) is 0.651. The molecule has 0 amide bonds. The third-order valence-corrected chi connectivity index (χ3v) is 11.9. The number of likely N-dealkylation sites (N-methyl/N-ethyl adjacent to an activating group) is 1. The molecule has 3 fully saturated rings. The van der Waals surface area contributed by atoms with Gasteiger partial charge in [-0.2, -0.15) is 5.06 Å². The molecule has 7 nitrogen and oxygen atoms in total. The molecule has 0 aromatic rings. The SMILES string of the molecule is CO[C@@]1(C)O[C@H]2[C@H](O[C@]1(C)OC)[C@H]1C[C@@H](C[C@@H]2O[Si](C)(C)C(C)(C)C)ON1C. The van der Waals surface area contributed by atoms with Gasteiger partial charge in [0.25, 0.3) is 0 Å². The Bertz CT molecular complexity index is 584. The van der Waals surface area contributed by atoms with Crippen molar-refractivity contribution in [1.82, 2.24) is 5.06 Å². The topological polar surface area (TPSA) is 58.6 Å². The van der Waals surface area contributed by atoms with E-state index in [0.29, 0.717) is 0 Å². The highest BCUT2D eigenvalue weighted by Crippen LogP contribution is 2.48. The molecule has 2 heterocycles. The lowest BCUT2D eigenvalue weighted by Gasteiger charge is -2.55. The van der Waals surface area contributed by atoms with E-state index in [1.165, 1.54) is 0 Å². The van der Waals surface area contributed by atoms with Crippen molar-refractivity contribution in [3.05, 3.63) is 0 Å². The van der Waals surface area contributed by atoms with E-state index in [9.17, 15) is 0 Å².